The van der Waals surface area contributed by atoms with Crippen LogP contribution in [0.2, 0.25) is 5.02 Å². The molecule has 7 heteroatoms. The van der Waals surface area contributed by atoms with Crippen LogP contribution in [0.25, 0.3) is 0 Å². The Bertz CT molecular complexity index is 699. The molecule has 1 aromatic carbocycles. The monoisotopic (exact) mass is 313 g/mol. The van der Waals surface area contributed by atoms with E-state index in [4.69, 9.17) is 16.7 Å². The summed E-state index contributed by atoms with van der Waals surface area (Å²) in [6.07, 6.45) is 0. The van der Waals surface area contributed by atoms with E-state index in [1.165, 1.54) is 12.1 Å². The summed E-state index contributed by atoms with van der Waals surface area (Å²) in [5.41, 5.74) is 0.759. The fraction of sp³-hybridized carbons (Fsp3) is 0.0769. The van der Waals surface area contributed by atoms with E-state index in [1.54, 1.807) is 13.0 Å². The van der Waals surface area contributed by atoms with E-state index in [2.05, 4.69) is 5.32 Å². The number of aryl methyl sites for hydroxylation is 1. The molecule has 2 rings (SSSR count). The van der Waals surface area contributed by atoms with Crippen LogP contribution in [-0.2, 0) is 0 Å². The average Bonchev–Trinajstić information content (AvgIpc) is 2.73. The van der Waals surface area contributed by atoms with E-state index in [0.717, 1.165) is 17.4 Å². The van der Waals surface area contributed by atoms with Crippen molar-refractivity contribution in [2.45, 2.75) is 6.92 Å². The minimum absolute atomic E-state index is 0.147. The molecule has 104 valence electrons. The van der Waals surface area contributed by atoms with Crippen molar-refractivity contribution in [2.75, 3.05) is 5.32 Å². The van der Waals surface area contributed by atoms with Crippen LogP contribution in [0.4, 0.5) is 9.39 Å². The Morgan fingerprint density at radius 3 is 2.60 bits per heavy atom. The number of aromatic carboxylic acids is 1. The van der Waals surface area contributed by atoms with Crippen LogP contribution in [0.5, 0.6) is 0 Å². The molecule has 1 aromatic heterocycles. The zero-order valence-corrected chi connectivity index (χ0v) is 11.8. The van der Waals surface area contributed by atoms with Gasteiger partial charge in [-0.05, 0) is 36.8 Å². The number of nitrogens with one attached hydrogen (secondary N) is 1. The fourth-order valence-electron chi connectivity index (χ4n) is 1.58. The van der Waals surface area contributed by atoms with Crippen LogP contribution < -0.4 is 5.32 Å². The molecular formula is C13H9ClFNO3S. The lowest BCUT2D eigenvalue weighted by atomic mass is 10.2. The summed E-state index contributed by atoms with van der Waals surface area (Å²) < 4.78 is 13.0. The first kappa shape index (κ1) is 14.5. The van der Waals surface area contributed by atoms with Crippen LogP contribution in [0, 0.1) is 12.7 Å². The minimum atomic E-state index is -1.04. The number of carbonyl (C=O) groups is 2. The number of carboxylic acid groups (broad SMARTS) is 1. The van der Waals surface area contributed by atoms with Gasteiger partial charge in [0.25, 0.3) is 5.91 Å². The van der Waals surface area contributed by atoms with Crippen LogP contribution in [0.1, 0.15) is 25.6 Å². The predicted octanol–water partition coefficient (Wildman–Crippen LogP) is 3.80. The van der Waals surface area contributed by atoms with Crippen molar-refractivity contribution in [3.8, 4) is 0 Å². The van der Waals surface area contributed by atoms with Gasteiger partial charge in [-0.1, -0.05) is 11.6 Å². The van der Waals surface area contributed by atoms with Gasteiger partial charge in [0.05, 0.1) is 10.0 Å². The zero-order chi connectivity index (χ0) is 14.9. The number of thiophene rings is 1. The van der Waals surface area contributed by atoms with Crippen molar-refractivity contribution < 1.29 is 19.1 Å². The highest BCUT2D eigenvalue weighted by molar-refractivity contribution is 7.18. The first-order valence-corrected chi connectivity index (χ1v) is 6.68. The Morgan fingerprint density at radius 2 is 2.05 bits per heavy atom. The Hall–Kier alpha value is -1.92. The number of anilines is 1. The number of carbonyl (C=O) groups excluding carboxylic acids is 1. The van der Waals surface area contributed by atoms with Crippen molar-refractivity contribution >= 4 is 39.8 Å². The molecule has 1 amide bonds. The highest BCUT2D eigenvalue weighted by atomic mass is 35.5. The van der Waals surface area contributed by atoms with Crippen LogP contribution in [-0.4, -0.2) is 17.0 Å². The number of benzene rings is 1. The van der Waals surface area contributed by atoms with Gasteiger partial charge >= 0.3 is 5.97 Å². The maximum absolute atomic E-state index is 13.0. The third-order valence-electron chi connectivity index (χ3n) is 2.53. The standard InChI is InChI=1S/C13H9ClFNO3S/c1-6-4-10(20-11(6)13(18)19)16-12(17)7-2-3-9(15)8(14)5-7/h2-5H,1H3,(H,16,17)(H,18,19). The Morgan fingerprint density at radius 1 is 1.35 bits per heavy atom. The van der Waals surface area contributed by atoms with Crippen molar-refractivity contribution in [3.05, 3.63) is 51.1 Å². The van der Waals surface area contributed by atoms with E-state index in [9.17, 15) is 14.0 Å². The molecule has 4 nitrogen and oxygen atoms in total. The summed E-state index contributed by atoms with van der Waals surface area (Å²) in [6, 6.07) is 5.18. The smallest absolute Gasteiger partial charge is 0.346 e. The molecule has 0 aliphatic heterocycles. The Balaban J connectivity index is 2.21. The van der Waals surface area contributed by atoms with Crippen LogP contribution in [0.15, 0.2) is 24.3 Å². The van der Waals surface area contributed by atoms with Crippen molar-refractivity contribution in [2.24, 2.45) is 0 Å². The summed E-state index contributed by atoms with van der Waals surface area (Å²) >= 11 is 6.56. The van der Waals surface area contributed by atoms with Gasteiger partial charge in [0.2, 0.25) is 0 Å². The van der Waals surface area contributed by atoms with Crippen molar-refractivity contribution in [1.29, 1.82) is 0 Å². The molecule has 0 atom stereocenters. The van der Waals surface area contributed by atoms with E-state index in [-0.39, 0.29) is 15.5 Å². The maximum Gasteiger partial charge on any atom is 0.346 e. The molecule has 0 aliphatic rings. The van der Waals surface area contributed by atoms with E-state index < -0.39 is 17.7 Å². The highest BCUT2D eigenvalue weighted by Crippen LogP contribution is 2.27. The molecule has 0 saturated heterocycles. The summed E-state index contributed by atoms with van der Waals surface area (Å²) in [4.78, 5) is 23.0. The Labute approximate surface area is 122 Å². The molecule has 0 bridgehead atoms. The number of hydrogen-bond donors (Lipinski definition) is 2. The number of amides is 1. The van der Waals surface area contributed by atoms with Gasteiger partial charge in [0.15, 0.2) is 0 Å². The van der Waals surface area contributed by atoms with Gasteiger partial charge in [-0.2, -0.15) is 0 Å². The molecule has 1 heterocycles. The summed E-state index contributed by atoms with van der Waals surface area (Å²) in [6.45, 7) is 1.64. The minimum Gasteiger partial charge on any atom is -0.477 e. The molecule has 0 radical (unpaired) electrons. The molecule has 2 aromatic rings. The molecule has 0 spiro atoms. The van der Waals surface area contributed by atoms with Gasteiger partial charge in [-0.25, -0.2) is 9.18 Å². The first-order chi connectivity index (χ1) is 9.38. The Kier molecular flexibility index (Phi) is 4.06. The molecule has 2 N–H and O–H groups in total. The van der Waals surface area contributed by atoms with Crippen molar-refractivity contribution in [1.82, 2.24) is 0 Å². The largest absolute Gasteiger partial charge is 0.477 e. The topological polar surface area (TPSA) is 66.4 Å². The SMILES string of the molecule is Cc1cc(NC(=O)c2ccc(F)c(Cl)c2)sc1C(=O)O. The highest BCUT2D eigenvalue weighted by Gasteiger charge is 2.15. The zero-order valence-electron chi connectivity index (χ0n) is 10.2. The summed E-state index contributed by atoms with van der Waals surface area (Å²) in [7, 11) is 0. The average molecular weight is 314 g/mol. The molecule has 0 aliphatic carbocycles. The van der Waals surface area contributed by atoms with Gasteiger partial charge in [0.1, 0.15) is 10.7 Å². The number of carboxylic acids is 1. The molecular weight excluding hydrogens is 305 g/mol. The normalized spacial score (nSPS) is 10.3. The van der Waals surface area contributed by atoms with E-state index in [0.29, 0.717) is 10.6 Å². The second-order valence-corrected chi connectivity index (χ2v) is 5.47. The van der Waals surface area contributed by atoms with Gasteiger partial charge in [0, 0.05) is 5.56 Å². The number of halogens is 2. The lowest BCUT2D eigenvalue weighted by Crippen LogP contribution is -2.10. The summed E-state index contributed by atoms with van der Waals surface area (Å²) in [5, 5.41) is 11.8. The summed E-state index contributed by atoms with van der Waals surface area (Å²) in [5.74, 6) is -2.13. The molecule has 0 fully saturated rings. The number of hydrogen-bond acceptors (Lipinski definition) is 3. The number of rotatable bonds is 3. The molecule has 0 unspecified atom stereocenters. The predicted molar refractivity (Wildman–Crippen MR) is 75.4 cm³/mol. The second kappa shape index (κ2) is 5.60. The van der Waals surface area contributed by atoms with Gasteiger partial charge < -0.3 is 10.4 Å². The van der Waals surface area contributed by atoms with E-state index >= 15 is 0 Å². The van der Waals surface area contributed by atoms with E-state index in [1.807, 2.05) is 0 Å². The third-order valence-corrected chi connectivity index (χ3v) is 3.96. The lowest BCUT2D eigenvalue weighted by molar-refractivity contribution is 0.0701. The van der Waals surface area contributed by atoms with Crippen molar-refractivity contribution in [3.63, 3.8) is 0 Å². The van der Waals surface area contributed by atoms with Gasteiger partial charge in [-0.3, -0.25) is 4.79 Å². The quantitative estimate of drug-likeness (QED) is 0.905. The second-order valence-electron chi connectivity index (χ2n) is 4.01. The lowest BCUT2D eigenvalue weighted by Gasteiger charge is -2.03. The van der Waals surface area contributed by atoms with Crippen LogP contribution in [0.3, 0.4) is 0 Å². The van der Waals surface area contributed by atoms with Gasteiger partial charge in [-0.15, -0.1) is 11.3 Å². The molecule has 0 saturated carbocycles. The maximum atomic E-state index is 13.0. The third kappa shape index (κ3) is 2.97. The first-order valence-electron chi connectivity index (χ1n) is 5.48. The van der Waals surface area contributed by atoms with Crippen LogP contribution >= 0.6 is 22.9 Å². The fourth-order valence-corrected chi connectivity index (χ4v) is 2.66. The molecule has 20 heavy (non-hydrogen) atoms.